The number of nitrogens with one attached hydrogen (secondary N) is 3. The molecule has 0 saturated carbocycles. The highest BCUT2D eigenvalue weighted by atomic mass is 35.5. The van der Waals surface area contributed by atoms with Crippen LogP contribution in [0.1, 0.15) is 21.6 Å². The third kappa shape index (κ3) is 5.00. The van der Waals surface area contributed by atoms with Crippen molar-refractivity contribution in [3.05, 3.63) is 62.2 Å². The summed E-state index contributed by atoms with van der Waals surface area (Å²) >= 11 is 5.86. The Morgan fingerprint density at radius 2 is 1.97 bits per heavy atom. The van der Waals surface area contributed by atoms with Crippen LogP contribution in [0, 0.1) is 25.5 Å². The zero-order valence-electron chi connectivity index (χ0n) is 17.3. The lowest BCUT2D eigenvalue weighted by molar-refractivity contribution is -0.139. The van der Waals surface area contributed by atoms with Crippen LogP contribution in [-0.2, 0) is 16.1 Å². The number of nitrogens with zero attached hydrogens (tertiary/aromatic N) is 2. The Morgan fingerprint density at radius 3 is 2.64 bits per heavy atom. The van der Waals surface area contributed by atoms with Gasteiger partial charge in [-0.05, 0) is 25.5 Å². The molecule has 4 N–H and O–H groups in total. The number of aromatic amines is 1. The molecule has 0 fully saturated rings. The number of amides is 2. The number of halogens is 3. The van der Waals surface area contributed by atoms with Gasteiger partial charge in [0.15, 0.2) is 5.65 Å². The fourth-order valence-corrected chi connectivity index (χ4v) is 3.25. The van der Waals surface area contributed by atoms with Crippen LogP contribution in [-0.4, -0.2) is 50.0 Å². The first-order chi connectivity index (χ1) is 15.5. The molecule has 0 spiro atoms. The van der Waals surface area contributed by atoms with E-state index in [1.165, 1.54) is 26.0 Å². The monoisotopic (exact) mass is 481 g/mol. The molecule has 0 aliphatic heterocycles. The Bertz CT molecular complexity index is 1340. The Kier molecular flexibility index (Phi) is 6.77. The Morgan fingerprint density at radius 1 is 1.27 bits per heavy atom. The van der Waals surface area contributed by atoms with Crippen LogP contribution in [0.5, 0.6) is 0 Å². The minimum absolute atomic E-state index is 0.0471. The van der Waals surface area contributed by atoms with Crippen molar-refractivity contribution in [2.75, 3.05) is 6.54 Å². The molecule has 0 radical (unpaired) electrons. The van der Waals surface area contributed by atoms with Crippen molar-refractivity contribution in [3.8, 4) is 0 Å². The number of aliphatic carboxylic acids is 1. The summed E-state index contributed by atoms with van der Waals surface area (Å²) in [5, 5.41) is 13.5. The van der Waals surface area contributed by atoms with Crippen molar-refractivity contribution in [1.29, 1.82) is 0 Å². The van der Waals surface area contributed by atoms with E-state index in [1.807, 2.05) is 0 Å². The predicted molar refractivity (Wildman–Crippen MR) is 113 cm³/mol. The molecule has 2 aromatic heterocycles. The number of pyridine rings is 1. The number of carbonyl (C=O) groups is 3. The van der Waals surface area contributed by atoms with E-state index >= 15 is 0 Å². The molecule has 0 bridgehead atoms. The van der Waals surface area contributed by atoms with E-state index in [4.69, 9.17) is 11.6 Å². The Balaban J connectivity index is 1.71. The average molecular weight is 482 g/mol. The number of rotatable bonds is 7. The van der Waals surface area contributed by atoms with Crippen LogP contribution in [0.2, 0.25) is 5.02 Å². The highest BCUT2D eigenvalue weighted by Crippen LogP contribution is 2.22. The number of H-pyrrole nitrogens is 1. The van der Waals surface area contributed by atoms with Crippen molar-refractivity contribution >= 4 is 40.5 Å². The Labute approximate surface area is 189 Å². The fourth-order valence-electron chi connectivity index (χ4n) is 3.01. The normalized spacial score (nSPS) is 11.9. The molecule has 0 aliphatic rings. The first-order valence-corrected chi connectivity index (χ1v) is 9.88. The molecular formula is C20H18ClF2N5O5. The number of hydrogen-bond donors (Lipinski definition) is 4. The number of aromatic nitrogens is 3. The summed E-state index contributed by atoms with van der Waals surface area (Å²) in [5.74, 6) is -4.94. The fraction of sp³-hybridized carbons (Fsp3) is 0.250. The first-order valence-electron chi connectivity index (χ1n) is 9.50. The summed E-state index contributed by atoms with van der Waals surface area (Å²) in [6.45, 7) is 1.68. The number of benzene rings is 1. The van der Waals surface area contributed by atoms with Gasteiger partial charge in [-0.1, -0.05) is 17.7 Å². The van der Waals surface area contributed by atoms with E-state index in [-0.39, 0.29) is 27.4 Å². The van der Waals surface area contributed by atoms with E-state index < -0.39 is 59.8 Å². The molecule has 33 heavy (non-hydrogen) atoms. The summed E-state index contributed by atoms with van der Waals surface area (Å²) in [7, 11) is 0. The van der Waals surface area contributed by atoms with Crippen LogP contribution >= 0.6 is 11.6 Å². The van der Waals surface area contributed by atoms with E-state index in [1.54, 1.807) is 0 Å². The number of imidazole rings is 1. The van der Waals surface area contributed by atoms with Gasteiger partial charge in [0.25, 0.3) is 5.91 Å². The zero-order valence-corrected chi connectivity index (χ0v) is 18.1. The quantitative estimate of drug-likeness (QED) is 0.400. The molecule has 10 nitrogen and oxygen atoms in total. The minimum atomic E-state index is -1.63. The summed E-state index contributed by atoms with van der Waals surface area (Å²) in [5.41, 5.74) is -0.916. The maximum Gasteiger partial charge on any atom is 0.328 e. The topological polar surface area (TPSA) is 146 Å². The van der Waals surface area contributed by atoms with E-state index in [9.17, 15) is 33.1 Å². The van der Waals surface area contributed by atoms with Gasteiger partial charge < -0.3 is 15.7 Å². The Hall–Kier alpha value is -3.80. The van der Waals surface area contributed by atoms with Gasteiger partial charge in [0.2, 0.25) is 5.91 Å². The summed E-state index contributed by atoms with van der Waals surface area (Å²) in [6, 6.07) is 2.07. The van der Waals surface area contributed by atoms with Gasteiger partial charge in [-0.3, -0.25) is 19.1 Å². The van der Waals surface area contributed by atoms with Gasteiger partial charge in [-0.25, -0.2) is 23.4 Å². The highest BCUT2D eigenvalue weighted by Gasteiger charge is 2.25. The number of carbonyl (C=O) groups excluding carboxylic acids is 2. The van der Waals surface area contributed by atoms with E-state index in [2.05, 4.69) is 20.6 Å². The molecule has 3 aromatic rings. The second-order valence-corrected chi connectivity index (χ2v) is 7.57. The standard InChI is InChI=1S/C20H18ClF2N5O5/c1-8-3-4-10(21)15(16(8)23)18(30)26-12(19(31)32)6-24-14(29)7-28-13-5-11(22)9(2)25-17(13)27-20(28)33/h3-5,12H,6-7H2,1-2H3,(H,24,29)(H,26,30)(H,31,32)(H,25,27,33)/t12-/m0/s1. The molecule has 174 valence electrons. The predicted octanol–water partition coefficient (Wildman–Crippen LogP) is 1.27. The van der Waals surface area contributed by atoms with Crippen molar-refractivity contribution in [3.63, 3.8) is 0 Å². The van der Waals surface area contributed by atoms with Crippen molar-refractivity contribution in [1.82, 2.24) is 25.2 Å². The molecule has 1 atom stereocenters. The number of aryl methyl sites for hydroxylation is 2. The van der Waals surface area contributed by atoms with Gasteiger partial charge in [0.1, 0.15) is 24.2 Å². The van der Waals surface area contributed by atoms with Gasteiger partial charge in [0.05, 0.1) is 21.8 Å². The SMILES string of the molecule is Cc1ccc(Cl)c(C(=O)N[C@@H](CNC(=O)Cn2c(=O)[nH]c3nc(C)c(F)cc32)C(=O)O)c1F. The van der Waals surface area contributed by atoms with Crippen molar-refractivity contribution in [2.24, 2.45) is 0 Å². The van der Waals surface area contributed by atoms with E-state index in [0.29, 0.717) is 0 Å². The average Bonchev–Trinajstić information content (AvgIpc) is 3.02. The lowest BCUT2D eigenvalue weighted by Gasteiger charge is -2.16. The van der Waals surface area contributed by atoms with Crippen molar-refractivity contribution < 1.29 is 28.3 Å². The maximum atomic E-state index is 14.3. The van der Waals surface area contributed by atoms with Crippen LogP contribution in [0.15, 0.2) is 23.0 Å². The van der Waals surface area contributed by atoms with Gasteiger partial charge in [-0.2, -0.15) is 0 Å². The summed E-state index contributed by atoms with van der Waals surface area (Å²) in [6.07, 6.45) is 0. The summed E-state index contributed by atoms with van der Waals surface area (Å²) < 4.78 is 29.0. The second kappa shape index (κ2) is 9.36. The van der Waals surface area contributed by atoms with Gasteiger partial charge in [0, 0.05) is 12.6 Å². The van der Waals surface area contributed by atoms with Crippen LogP contribution in [0.3, 0.4) is 0 Å². The lowest BCUT2D eigenvalue weighted by atomic mass is 10.1. The van der Waals surface area contributed by atoms with Crippen LogP contribution in [0.25, 0.3) is 11.2 Å². The van der Waals surface area contributed by atoms with Gasteiger partial charge >= 0.3 is 11.7 Å². The molecule has 2 amide bonds. The molecule has 0 unspecified atom stereocenters. The smallest absolute Gasteiger partial charge is 0.328 e. The summed E-state index contributed by atoms with van der Waals surface area (Å²) in [4.78, 5) is 54.6. The number of hydrogen-bond acceptors (Lipinski definition) is 5. The van der Waals surface area contributed by atoms with Gasteiger partial charge in [-0.15, -0.1) is 0 Å². The second-order valence-electron chi connectivity index (χ2n) is 7.16. The molecule has 1 aromatic carbocycles. The molecule has 13 heteroatoms. The number of carboxylic acid groups (broad SMARTS) is 1. The minimum Gasteiger partial charge on any atom is -0.480 e. The largest absolute Gasteiger partial charge is 0.480 e. The maximum absolute atomic E-state index is 14.3. The first kappa shape index (κ1) is 23.9. The molecule has 2 heterocycles. The number of fused-ring (bicyclic) bond motifs is 1. The van der Waals surface area contributed by atoms with E-state index in [0.717, 1.165) is 10.6 Å². The zero-order chi connectivity index (χ0) is 24.4. The molecular weight excluding hydrogens is 464 g/mol. The molecule has 0 aliphatic carbocycles. The highest BCUT2D eigenvalue weighted by molar-refractivity contribution is 6.34. The van der Waals surface area contributed by atoms with Crippen molar-refractivity contribution in [2.45, 2.75) is 26.4 Å². The third-order valence-electron chi connectivity index (χ3n) is 4.81. The molecule has 3 rings (SSSR count). The third-order valence-corrected chi connectivity index (χ3v) is 5.13. The van der Waals surface area contributed by atoms with Crippen LogP contribution in [0.4, 0.5) is 8.78 Å². The number of carboxylic acids is 1. The molecule has 0 saturated heterocycles. The van der Waals surface area contributed by atoms with Crippen LogP contribution < -0.4 is 16.3 Å². The lowest BCUT2D eigenvalue weighted by Crippen LogP contribution is -2.49.